The lowest BCUT2D eigenvalue weighted by Crippen LogP contribution is -2.55. The fourth-order valence-corrected chi connectivity index (χ4v) is 7.34. The molecule has 5 rings (SSSR count). The van der Waals surface area contributed by atoms with Gasteiger partial charge in [-0.15, -0.1) is 11.3 Å². The van der Waals surface area contributed by atoms with Crippen LogP contribution in [-0.4, -0.2) is 60.1 Å². The highest BCUT2D eigenvalue weighted by Gasteiger charge is 2.42. The number of fused-ring (bicyclic) bond motifs is 3. The minimum Gasteiger partial charge on any atom is -0.347 e. The van der Waals surface area contributed by atoms with Crippen LogP contribution in [0.4, 0.5) is 19.0 Å². The van der Waals surface area contributed by atoms with E-state index in [9.17, 15) is 26.4 Å². The molecule has 1 aromatic carbocycles. The molecule has 7 nitrogen and oxygen atoms in total. The van der Waals surface area contributed by atoms with Gasteiger partial charge in [0.25, 0.3) is 0 Å². The van der Waals surface area contributed by atoms with E-state index in [0.29, 0.717) is 29.1 Å². The summed E-state index contributed by atoms with van der Waals surface area (Å²) in [6.45, 7) is 0.783. The molecule has 3 aromatic rings. The summed E-state index contributed by atoms with van der Waals surface area (Å²) < 4.78 is 65.0. The molecule has 2 aliphatic heterocycles. The quantitative estimate of drug-likeness (QED) is 0.520. The van der Waals surface area contributed by atoms with Crippen molar-refractivity contribution in [1.82, 2.24) is 14.9 Å². The van der Waals surface area contributed by atoms with Crippen LogP contribution in [0.1, 0.15) is 24.8 Å². The molecule has 12 heteroatoms. The molecule has 0 radical (unpaired) electrons. The van der Waals surface area contributed by atoms with Gasteiger partial charge in [0.2, 0.25) is 5.91 Å². The second-order valence-corrected chi connectivity index (χ2v) is 11.5. The maximum absolute atomic E-state index is 12.9. The van der Waals surface area contributed by atoms with Gasteiger partial charge in [-0.2, -0.15) is 13.2 Å². The normalized spacial score (nSPS) is 20.8. The van der Waals surface area contributed by atoms with Gasteiger partial charge in [-0.1, -0.05) is 6.07 Å². The molecule has 2 bridgehead atoms. The first-order valence-corrected chi connectivity index (χ1v) is 13.3. The number of rotatable bonds is 5. The zero-order valence-electron chi connectivity index (χ0n) is 17.9. The Morgan fingerprint density at radius 3 is 2.47 bits per heavy atom. The standard InChI is InChI=1S/C22H21F3N4O3S2/c23-22(24,25)14-4-7-19(26-10-14)29-15-5-6-16(29)12-28(11-15)20(30)8-9-34(31,32)18-3-1-2-17-21(18)33-13-27-17/h1-4,7,10,13,15-16H,5-6,8-9,11-12H2. The SMILES string of the molecule is O=C(CCS(=O)(=O)c1cccc2ncsc12)N1CC2CCC(C1)N2c1ccc(C(F)(F)F)cn1. The van der Waals surface area contributed by atoms with E-state index in [0.717, 1.165) is 25.1 Å². The first-order chi connectivity index (χ1) is 16.1. The van der Waals surface area contributed by atoms with E-state index in [4.69, 9.17) is 0 Å². The van der Waals surface area contributed by atoms with Crippen LogP contribution >= 0.6 is 11.3 Å². The Hall–Kier alpha value is -2.73. The molecular formula is C22H21F3N4O3S2. The van der Waals surface area contributed by atoms with E-state index >= 15 is 0 Å². The van der Waals surface area contributed by atoms with Crippen LogP contribution in [0.15, 0.2) is 46.9 Å². The highest BCUT2D eigenvalue weighted by atomic mass is 32.2. The van der Waals surface area contributed by atoms with Crippen molar-refractivity contribution in [1.29, 1.82) is 0 Å². The summed E-state index contributed by atoms with van der Waals surface area (Å²) in [6.07, 6.45) is -2.15. The van der Waals surface area contributed by atoms with Crippen LogP contribution in [0.3, 0.4) is 0 Å². The van der Waals surface area contributed by atoms with Gasteiger partial charge < -0.3 is 9.80 Å². The minimum atomic E-state index is -4.44. The number of amides is 1. The predicted octanol–water partition coefficient (Wildman–Crippen LogP) is 3.75. The number of piperazine rings is 1. The summed E-state index contributed by atoms with van der Waals surface area (Å²) in [6, 6.07) is 7.20. The first-order valence-electron chi connectivity index (χ1n) is 10.8. The van der Waals surface area contributed by atoms with Crippen molar-refractivity contribution in [3.05, 3.63) is 47.6 Å². The van der Waals surface area contributed by atoms with Crippen molar-refractivity contribution in [2.45, 2.75) is 42.4 Å². The van der Waals surface area contributed by atoms with Crippen molar-refractivity contribution in [2.75, 3.05) is 23.7 Å². The lowest BCUT2D eigenvalue weighted by Gasteiger charge is -2.42. The number of sulfone groups is 1. The molecule has 2 atom stereocenters. The number of carbonyl (C=O) groups is 1. The van der Waals surface area contributed by atoms with E-state index in [1.54, 1.807) is 22.5 Å². The third-order valence-electron chi connectivity index (χ3n) is 6.41. The van der Waals surface area contributed by atoms with Crippen LogP contribution in [-0.2, 0) is 20.8 Å². The molecule has 0 N–H and O–H groups in total. The van der Waals surface area contributed by atoms with Gasteiger partial charge in [-0.05, 0) is 37.1 Å². The average molecular weight is 511 g/mol. The number of benzene rings is 1. The molecule has 2 aromatic heterocycles. The molecule has 4 heterocycles. The largest absolute Gasteiger partial charge is 0.417 e. The second kappa shape index (κ2) is 8.49. The van der Waals surface area contributed by atoms with Crippen molar-refractivity contribution in [3.8, 4) is 0 Å². The number of nitrogens with zero attached hydrogens (tertiary/aromatic N) is 4. The number of hydrogen-bond donors (Lipinski definition) is 0. The van der Waals surface area contributed by atoms with Crippen LogP contribution in [0, 0.1) is 0 Å². The number of thiazole rings is 1. The second-order valence-electron chi connectivity index (χ2n) is 8.52. The highest BCUT2D eigenvalue weighted by molar-refractivity contribution is 7.91. The summed E-state index contributed by atoms with van der Waals surface area (Å²) in [5.41, 5.74) is 1.41. The number of alkyl halides is 3. The summed E-state index contributed by atoms with van der Waals surface area (Å²) in [5, 5.41) is 0. The predicted molar refractivity (Wildman–Crippen MR) is 121 cm³/mol. The van der Waals surface area contributed by atoms with Gasteiger partial charge in [0.15, 0.2) is 9.84 Å². The van der Waals surface area contributed by atoms with Gasteiger partial charge >= 0.3 is 6.18 Å². The Morgan fingerprint density at radius 1 is 1.09 bits per heavy atom. The molecule has 0 aliphatic carbocycles. The molecule has 2 fully saturated rings. The molecule has 1 amide bonds. The van der Waals surface area contributed by atoms with E-state index in [1.165, 1.54) is 23.5 Å². The molecule has 34 heavy (non-hydrogen) atoms. The molecule has 0 saturated carbocycles. The minimum absolute atomic E-state index is 0.0607. The summed E-state index contributed by atoms with van der Waals surface area (Å²) in [5.74, 6) is -0.0661. The van der Waals surface area contributed by atoms with Crippen molar-refractivity contribution >= 4 is 43.1 Å². The number of hydrogen-bond acceptors (Lipinski definition) is 7. The molecule has 0 spiro atoms. The lowest BCUT2D eigenvalue weighted by molar-refractivity contribution is -0.138. The molecule has 2 saturated heterocycles. The number of halogens is 3. The molecular weight excluding hydrogens is 489 g/mol. The third kappa shape index (κ3) is 4.24. The Balaban J connectivity index is 1.24. The Kier molecular flexibility index (Phi) is 5.75. The van der Waals surface area contributed by atoms with Crippen molar-refractivity contribution in [2.24, 2.45) is 0 Å². The Labute approximate surface area is 198 Å². The van der Waals surface area contributed by atoms with Crippen LogP contribution in [0.2, 0.25) is 0 Å². The van der Waals surface area contributed by atoms with Gasteiger partial charge in [-0.25, -0.2) is 18.4 Å². The molecule has 2 unspecified atom stereocenters. The van der Waals surface area contributed by atoms with Gasteiger partial charge in [0.1, 0.15) is 5.82 Å². The van der Waals surface area contributed by atoms with Crippen LogP contribution in [0.5, 0.6) is 0 Å². The fraction of sp³-hybridized carbons (Fsp3) is 0.409. The third-order valence-corrected chi connectivity index (χ3v) is 9.17. The molecule has 2 aliphatic rings. The summed E-state index contributed by atoms with van der Waals surface area (Å²) >= 11 is 1.25. The number of carbonyl (C=O) groups excluding carboxylic acids is 1. The zero-order valence-corrected chi connectivity index (χ0v) is 19.5. The van der Waals surface area contributed by atoms with Gasteiger partial charge in [-0.3, -0.25) is 4.79 Å². The van der Waals surface area contributed by atoms with Crippen LogP contribution in [0.25, 0.3) is 10.2 Å². The Bertz CT molecular complexity index is 1310. The monoisotopic (exact) mass is 510 g/mol. The van der Waals surface area contributed by atoms with E-state index in [-0.39, 0.29) is 35.1 Å². The van der Waals surface area contributed by atoms with Gasteiger partial charge in [0, 0.05) is 37.8 Å². The maximum atomic E-state index is 12.9. The van der Waals surface area contributed by atoms with E-state index in [2.05, 4.69) is 9.97 Å². The fourth-order valence-electron chi connectivity index (χ4n) is 4.78. The van der Waals surface area contributed by atoms with Crippen molar-refractivity contribution in [3.63, 3.8) is 0 Å². The summed E-state index contributed by atoms with van der Waals surface area (Å²) in [7, 11) is -3.66. The first kappa shape index (κ1) is 23.0. The number of pyridine rings is 1. The average Bonchev–Trinajstić information content (AvgIpc) is 3.38. The smallest absolute Gasteiger partial charge is 0.347 e. The van der Waals surface area contributed by atoms with Crippen LogP contribution < -0.4 is 4.90 Å². The lowest BCUT2D eigenvalue weighted by atomic mass is 10.1. The highest BCUT2D eigenvalue weighted by Crippen LogP contribution is 2.36. The number of aromatic nitrogens is 2. The maximum Gasteiger partial charge on any atom is 0.417 e. The zero-order chi connectivity index (χ0) is 24.1. The summed E-state index contributed by atoms with van der Waals surface area (Å²) in [4.78, 5) is 24.9. The van der Waals surface area contributed by atoms with Gasteiger partial charge in [0.05, 0.1) is 31.9 Å². The number of likely N-dealkylation sites (tertiary alicyclic amines) is 1. The van der Waals surface area contributed by atoms with Crippen molar-refractivity contribution < 1.29 is 26.4 Å². The molecule has 180 valence electrons. The van der Waals surface area contributed by atoms with E-state index < -0.39 is 21.6 Å². The van der Waals surface area contributed by atoms with E-state index in [1.807, 2.05) is 4.90 Å². The topological polar surface area (TPSA) is 83.5 Å². The Morgan fingerprint density at radius 2 is 1.82 bits per heavy atom. The number of anilines is 1.